The van der Waals surface area contributed by atoms with E-state index in [0.717, 1.165) is 12.8 Å². The first-order chi connectivity index (χ1) is 11.1. The molecule has 0 fully saturated rings. The number of carbonyl (C=O) groups is 2. The van der Waals surface area contributed by atoms with E-state index < -0.39 is 5.97 Å². The lowest BCUT2D eigenvalue weighted by molar-refractivity contribution is 0.0444. The smallest absolute Gasteiger partial charge is 0.373 e. The van der Waals surface area contributed by atoms with E-state index in [1.165, 1.54) is 41.4 Å². The Morgan fingerprint density at radius 1 is 1.35 bits per heavy atom. The molecule has 3 rings (SSSR count). The highest BCUT2D eigenvalue weighted by molar-refractivity contribution is 7.14. The third-order valence-corrected chi connectivity index (χ3v) is 5.14. The number of hydrogen-bond donors (Lipinski definition) is 0. The van der Waals surface area contributed by atoms with Gasteiger partial charge in [-0.2, -0.15) is 0 Å². The first kappa shape index (κ1) is 15.8. The fraction of sp³-hybridized carbons (Fsp3) is 0.412. The van der Waals surface area contributed by atoms with E-state index in [0.29, 0.717) is 16.6 Å². The van der Waals surface area contributed by atoms with E-state index in [9.17, 15) is 9.59 Å². The van der Waals surface area contributed by atoms with Crippen molar-refractivity contribution in [1.29, 1.82) is 0 Å². The average Bonchev–Trinajstić information content (AvgIpc) is 3.18. The number of thiophene rings is 1. The van der Waals surface area contributed by atoms with Crippen LogP contribution < -0.4 is 0 Å². The van der Waals surface area contributed by atoms with Crippen LogP contribution in [0.1, 0.15) is 49.8 Å². The molecule has 0 saturated heterocycles. The second-order valence-corrected chi connectivity index (χ2v) is 6.88. The molecule has 0 N–H and O–H groups in total. The van der Waals surface area contributed by atoms with Crippen LogP contribution in [0.4, 0.5) is 0 Å². The maximum absolute atomic E-state index is 12.2. The number of hydrogen-bond acceptors (Lipinski definition) is 6. The molecule has 2 aromatic heterocycles. The molecule has 1 aliphatic rings. The zero-order valence-corrected chi connectivity index (χ0v) is 13.9. The van der Waals surface area contributed by atoms with Crippen molar-refractivity contribution in [3.63, 3.8) is 0 Å². The highest BCUT2D eigenvalue weighted by Gasteiger charge is 2.21. The molecule has 1 atom stereocenters. The van der Waals surface area contributed by atoms with Gasteiger partial charge < -0.3 is 13.9 Å². The minimum Gasteiger partial charge on any atom is -0.463 e. The van der Waals surface area contributed by atoms with Crippen molar-refractivity contribution in [2.24, 2.45) is 5.92 Å². The lowest BCUT2D eigenvalue weighted by Crippen LogP contribution is -2.08. The van der Waals surface area contributed by atoms with Crippen LogP contribution in [0.3, 0.4) is 0 Å². The summed E-state index contributed by atoms with van der Waals surface area (Å²) in [5.41, 5.74) is 1.27. The summed E-state index contributed by atoms with van der Waals surface area (Å²) in [6.07, 6.45) is 3.24. The Balaban J connectivity index is 1.61. The molecule has 0 saturated carbocycles. The highest BCUT2D eigenvalue weighted by Crippen LogP contribution is 2.32. The van der Waals surface area contributed by atoms with Gasteiger partial charge in [-0.1, -0.05) is 6.92 Å². The lowest BCUT2D eigenvalue weighted by Gasteiger charge is -2.16. The molecule has 1 unspecified atom stereocenters. The average molecular weight is 334 g/mol. The third kappa shape index (κ3) is 3.47. The molecule has 23 heavy (non-hydrogen) atoms. The van der Waals surface area contributed by atoms with Crippen molar-refractivity contribution in [3.05, 3.63) is 45.0 Å². The second kappa shape index (κ2) is 6.58. The Hall–Kier alpha value is -2.08. The topological polar surface area (TPSA) is 65.7 Å². The quantitative estimate of drug-likeness (QED) is 0.799. The fourth-order valence-electron chi connectivity index (χ4n) is 2.68. The Kier molecular flexibility index (Phi) is 4.52. The molecule has 0 spiro atoms. The van der Waals surface area contributed by atoms with Gasteiger partial charge in [0.1, 0.15) is 17.2 Å². The van der Waals surface area contributed by atoms with Crippen molar-refractivity contribution in [2.75, 3.05) is 7.11 Å². The molecule has 122 valence electrons. The van der Waals surface area contributed by atoms with Gasteiger partial charge in [-0.05, 0) is 48.9 Å². The molecule has 0 radical (unpaired) electrons. The van der Waals surface area contributed by atoms with Crippen molar-refractivity contribution in [1.82, 2.24) is 0 Å². The zero-order valence-electron chi connectivity index (χ0n) is 13.1. The van der Waals surface area contributed by atoms with Crippen LogP contribution in [0.2, 0.25) is 0 Å². The van der Waals surface area contributed by atoms with E-state index >= 15 is 0 Å². The number of aryl methyl sites for hydroxylation is 1. The standard InChI is InChI=1S/C17H18O5S/c1-10-3-6-14-11(7-10)8-15(23-14)17(19)21-9-12-4-5-13(22-12)16(18)20-2/h4-5,8,10H,3,6-7,9H2,1-2H3. The molecular weight excluding hydrogens is 316 g/mol. The van der Waals surface area contributed by atoms with Crippen LogP contribution in [-0.4, -0.2) is 19.0 Å². The Bertz CT molecular complexity index is 727. The van der Waals surface area contributed by atoms with Gasteiger partial charge in [0.05, 0.1) is 7.11 Å². The van der Waals surface area contributed by atoms with Crippen LogP contribution in [0.15, 0.2) is 22.6 Å². The molecule has 0 amide bonds. The molecule has 5 nitrogen and oxygen atoms in total. The molecule has 6 heteroatoms. The van der Waals surface area contributed by atoms with Gasteiger partial charge in [-0.15, -0.1) is 11.3 Å². The van der Waals surface area contributed by atoms with Crippen molar-refractivity contribution in [3.8, 4) is 0 Å². The summed E-state index contributed by atoms with van der Waals surface area (Å²) in [4.78, 5) is 25.4. The van der Waals surface area contributed by atoms with Crippen LogP contribution in [0.5, 0.6) is 0 Å². The minimum absolute atomic E-state index is 0.00516. The monoisotopic (exact) mass is 334 g/mol. The summed E-state index contributed by atoms with van der Waals surface area (Å²) < 4.78 is 15.1. The number of methoxy groups -OCH3 is 1. The van der Waals surface area contributed by atoms with Gasteiger partial charge >= 0.3 is 11.9 Å². The van der Waals surface area contributed by atoms with E-state index in [-0.39, 0.29) is 18.3 Å². The van der Waals surface area contributed by atoms with E-state index in [1.807, 2.05) is 6.07 Å². The first-order valence-corrected chi connectivity index (χ1v) is 8.34. The predicted molar refractivity (Wildman–Crippen MR) is 84.7 cm³/mol. The number of rotatable bonds is 4. The highest BCUT2D eigenvalue weighted by atomic mass is 32.1. The largest absolute Gasteiger partial charge is 0.463 e. The van der Waals surface area contributed by atoms with Crippen LogP contribution in [0, 0.1) is 5.92 Å². The van der Waals surface area contributed by atoms with Gasteiger partial charge in [0.15, 0.2) is 0 Å². The Morgan fingerprint density at radius 3 is 2.96 bits per heavy atom. The van der Waals surface area contributed by atoms with E-state index in [2.05, 4.69) is 11.7 Å². The van der Waals surface area contributed by atoms with Crippen molar-refractivity contribution in [2.45, 2.75) is 32.8 Å². The molecule has 0 aromatic carbocycles. The summed E-state index contributed by atoms with van der Waals surface area (Å²) in [6.45, 7) is 2.23. The van der Waals surface area contributed by atoms with Crippen LogP contribution in [-0.2, 0) is 28.9 Å². The third-order valence-electron chi connectivity index (χ3n) is 3.92. The number of esters is 2. The predicted octanol–water partition coefficient (Wildman–Crippen LogP) is 3.61. The zero-order chi connectivity index (χ0) is 16.4. The number of carbonyl (C=O) groups excluding carboxylic acids is 2. The molecule has 2 aromatic rings. The normalized spacial score (nSPS) is 16.7. The van der Waals surface area contributed by atoms with Gasteiger partial charge in [0.25, 0.3) is 0 Å². The Labute approximate surface area is 138 Å². The summed E-state index contributed by atoms with van der Waals surface area (Å²) in [7, 11) is 1.28. The summed E-state index contributed by atoms with van der Waals surface area (Å²) in [5.74, 6) is 0.268. The maximum Gasteiger partial charge on any atom is 0.373 e. The van der Waals surface area contributed by atoms with Crippen LogP contribution in [0.25, 0.3) is 0 Å². The second-order valence-electron chi connectivity index (χ2n) is 5.74. The molecular formula is C17H18O5S. The van der Waals surface area contributed by atoms with Crippen molar-refractivity contribution < 1.29 is 23.5 Å². The number of fused-ring (bicyclic) bond motifs is 1. The first-order valence-electron chi connectivity index (χ1n) is 7.52. The number of furan rings is 1. The van der Waals surface area contributed by atoms with Gasteiger partial charge in [-0.25, -0.2) is 9.59 Å². The summed E-state index contributed by atoms with van der Waals surface area (Å²) in [5, 5.41) is 0. The van der Waals surface area contributed by atoms with E-state index in [4.69, 9.17) is 9.15 Å². The summed E-state index contributed by atoms with van der Waals surface area (Å²) in [6, 6.07) is 5.04. The van der Waals surface area contributed by atoms with E-state index in [1.54, 1.807) is 6.07 Å². The Morgan fingerprint density at radius 2 is 2.17 bits per heavy atom. The lowest BCUT2D eigenvalue weighted by atomic mass is 9.90. The van der Waals surface area contributed by atoms with Gasteiger partial charge in [0.2, 0.25) is 5.76 Å². The number of ether oxygens (including phenoxy) is 2. The molecule has 0 aliphatic heterocycles. The van der Waals surface area contributed by atoms with Crippen molar-refractivity contribution >= 4 is 23.3 Å². The SMILES string of the molecule is COC(=O)c1ccc(COC(=O)c2cc3c(s2)CCC(C)C3)o1. The van der Waals surface area contributed by atoms with Crippen LogP contribution >= 0.6 is 11.3 Å². The van der Waals surface area contributed by atoms with Gasteiger partial charge in [-0.3, -0.25) is 0 Å². The summed E-state index contributed by atoms with van der Waals surface area (Å²) >= 11 is 1.52. The fourth-order valence-corrected chi connectivity index (χ4v) is 3.78. The molecule has 2 heterocycles. The minimum atomic E-state index is -0.553. The van der Waals surface area contributed by atoms with Gasteiger partial charge in [0, 0.05) is 4.88 Å². The molecule has 0 bridgehead atoms. The maximum atomic E-state index is 12.2. The molecule has 1 aliphatic carbocycles.